The number of amides is 1. The molecule has 1 amide bonds. The second-order valence-electron chi connectivity index (χ2n) is 4.91. The van der Waals surface area contributed by atoms with Crippen molar-refractivity contribution in [3.8, 4) is 11.4 Å². The van der Waals surface area contributed by atoms with Crippen LogP contribution in [0, 0.1) is 0 Å². The Hall–Kier alpha value is -2.61. The van der Waals surface area contributed by atoms with Crippen molar-refractivity contribution >= 4 is 22.9 Å². The van der Waals surface area contributed by atoms with Crippen LogP contribution in [0.1, 0.15) is 30.4 Å². The minimum Gasteiger partial charge on any atom is -0.320 e. The van der Waals surface area contributed by atoms with E-state index in [0.717, 1.165) is 5.56 Å². The van der Waals surface area contributed by atoms with Crippen molar-refractivity contribution in [2.45, 2.75) is 19.9 Å². The average Bonchev–Trinajstić information content (AvgIpc) is 3.19. The fourth-order valence-electron chi connectivity index (χ4n) is 2.02. The largest absolute Gasteiger partial charge is 0.320 e. The molecule has 3 aromatic rings. The van der Waals surface area contributed by atoms with E-state index < -0.39 is 0 Å². The lowest BCUT2D eigenvalue weighted by Crippen LogP contribution is -2.14. The maximum absolute atomic E-state index is 12.2. The third-order valence-corrected chi connectivity index (χ3v) is 3.65. The quantitative estimate of drug-likeness (QED) is 0.800. The third kappa shape index (κ3) is 2.73. The van der Waals surface area contributed by atoms with Gasteiger partial charge in [0.25, 0.3) is 5.91 Å². The Labute approximate surface area is 131 Å². The van der Waals surface area contributed by atoms with E-state index in [1.165, 1.54) is 11.3 Å². The standard InChI is InChI=1S/C14H14N6OS/c1-9(2)20-13(17-18-19-20)10-5-3-4-6-11(10)16-14(21)12-7-22-8-15-12/h3-9H,1-2H3,(H,16,21). The number of anilines is 1. The van der Waals surface area contributed by atoms with Crippen molar-refractivity contribution in [3.63, 3.8) is 0 Å². The molecule has 0 spiro atoms. The van der Waals surface area contributed by atoms with Gasteiger partial charge in [-0.15, -0.1) is 16.4 Å². The zero-order chi connectivity index (χ0) is 15.5. The first kappa shape index (κ1) is 14.3. The molecule has 0 bridgehead atoms. The molecule has 0 saturated heterocycles. The van der Waals surface area contributed by atoms with Gasteiger partial charge in [0, 0.05) is 10.9 Å². The fraction of sp³-hybridized carbons (Fsp3) is 0.214. The average molecular weight is 314 g/mol. The highest BCUT2D eigenvalue weighted by atomic mass is 32.1. The van der Waals surface area contributed by atoms with E-state index in [9.17, 15) is 4.79 Å². The molecule has 0 saturated carbocycles. The zero-order valence-electron chi connectivity index (χ0n) is 12.1. The summed E-state index contributed by atoms with van der Waals surface area (Å²) in [6.45, 7) is 3.99. The smallest absolute Gasteiger partial charge is 0.275 e. The highest BCUT2D eigenvalue weighted by Crippen LogP contribution is 2.27. The van der Waals surface area contributed by atoms with Gasteiger partial charge in [-0.05, 0) is 36.4 Å². The summed E-state index contributed by atoms with van der Waals surface area (Å²) in [4.78, 5) is 16.2. The molecule has 2 aromatic heterocycles. The van der Waals surface area contributed by atoms with E-state index >= 15 is 0 Å². The molecule has 22 heavy (non-hydrogen) atoms. The number of tetrazole rings is 1. The molecule has 1 aromatic carbocycles. The zero-order valence-corrected chi connectivity index (χ0v) is 12.9. The number of thiazole rings is 1. The third-order valence-electron chi connectivity index (χ3n) is 3.06. The number of nitrogens with one attached hydrogen (secondary N) is 1. The van der Waals surface area contributed by atoms with Crippen molar-refractivity contribution in [2.24, 2.45) is 0 Å². The van der Waals surface area contributed by atoms with Crippen molar-refractivity contribution in [1.29, 1.82) is 0 Å². The van der Waals surface area contributed by atoms with E-state index in [-0.39, 0.29) is 11.9 Å². The summed E-state index contributed by atoms with van der Waals surface area (Å²) >= 11 is 1.38. The summed E-state index contributed by atoms with van der Waals surface area (Å²) < 4.78 is 1.72. The predicted molar refractivity (Wildman–Crippen MR) is 83.7 cm³/mol. The van der Waals surface area contributed by atoms with Gasteiger partial charge in [-0.1, -0.05) is 12.1 Å². The lowest BCUT2D eigenvalue weighted by Gasteiger charge is -2.12. The van der Waals surface area contributed by atoms with Crippen LogP contribution in [0.4, 0.5) is 5.69 Å². The number of carbonyl (C=O) groups excluding carboxylic acids is 1. The van der Waals surface area contributed by atoms with E-state index in [1.807, 2.05) is 38.1 Å². The lowest BCUT2D eigenvalue weighted by molar-refractivity contribution is 0.102. The molecule has 112 valence electrons. The highest BCUT2D eigenvalue weighted by Gasteiger charge is 2.17. The summed E-state index contributed by atoms with van der Waals surface area (Å²) in [5.74, 6) is 0.362. The Morgan fingerprint density at radius 1 is 1.32 bits per heavy atom. The van der Waals surface area contributed by atoms with Crippen LogP contribution in [0.5, 0.6) is 0 Å². The summed E-state index contributed by atoms with van der Waals surface area (Å²) in [6, 6.07) is 7.55. The summed E-state index contributed by atoms with van der Waals surface area (Å²) in [6.07, 6.45) is 0. The SMILES string of the molecule is CC(C)n1nnnc1-c1ccccc1NC(=O)c1cscn1. The van der Waals surface area contributed by atoms with Crippen molar-refractivity contribution in [3.05, 3.63) is 40.8 Å². The molecule has 3 rings (SSSR count). The van der Waals surface area contributed by atoms with Gasteiger partial charge in [0.1, 0.15) is 5.69 Å². The van der Waals surface area contributed by atoms with Crippen LogP contribution in [0.2, 0.25) is 0 Å². The fourth-order valence-corrected chi connectivity index (χ4v) is 2.55. The van der Waals surface area contributed by atoms with Crippen molar-refractivity contribution < 1.29 is 4.79 Å². The van der Waals surface area contributed by atoms with Gasteiger partial charge < -0.3 is 5.32 Å². The van der Waals surface area contributed by atoms with E-state index in [4.69, 9.17) is 0 Å². The minimum absolute atomic E-state index is 0.118. The molecule has 2 heterocycles. The molecule has 0 fully saturated rings. The summed E-state index contributed by atoms with van der Waals surface area (Å²) in [5, 5.41) is 16.4. The van der Waals surface area contributed by atoms with Crippen LogP contribution in [0.15, 0.2) is 35.2 Å². The van der Waals surface area contributed by atoms with Crippen LogP contribution in [-0.4, -0.2) is 31.1 Å². The molecular weight excluding hydrogens is 300 g/mol. The second kappa shape index (κ2) is 6.02. The van der Waals surface area contributed by atoms with Crippen LogP contribution in [-0.2, 0) is 0 Å². The van der Waals surface area contributed by atoms with Gasteiger partial charge in [-0.25, -0.2) is 9.67 Å². The number of hydrogen-bond donors (Lipinski definition) is 1. The normalized spacial score (nSPS) is 10.9. The first-order chi connectivity index (χ1) is 10.7. The predicted octanol–water partition coefficient (Wildman–Crippen LogP) is 2.63. The maximum Gasteiger partial charge on any atom is 0.275 e. The van der Waals surface area contributed by atoms with Gasteiger partial charge in [0.05, 0.1) is 17.2 Å². The van der Waals surface area contributed by atoms with Gasteiger partial charge in [-0.2, -0.15) is 0 Å². The summed E-state index contributed by atoms with van der Waals surface area (Å²) in [5.41, 5.74) is 3.44. The van der Waals surface area contributed by atoms with Gasteiger partial charge in [-0.3, -0.25) is 4.79 Å². The molecule has 0 aliphatic rings. The second-order valence-corrected chi connectivity index (χ2v) is 5.63. The minimum atomic E-state index is -0.253. The monoisotopic (exact) mass is 314 g/mol. The van der Waals surface area contributed by atoms with E-state index in [0.29, 0.717) is 17.2 Å². The summed E-state index contributed by atoms with van der Waals surface area (Å²) in [7, 11) is 0. The Kier molecular flexibility index (Phi) is 3.92. The molecule has 7 nitrogen and oxygen atoms in total. The van der Waals surface area contributed by atoms with E-state index in [2.05, 4.69) is 25.8 Å². The molecular formula is C14H14N6OS. The molecule has 0 radical (unpaired) electrons. The maximum atomic E-state index is 12.2. The van der Waals surface area contributed by atoms with Gasteiger partial charge in [0.15, 0.2) is 5.82 Å². The Balaban J connectivity index is 1.97. The van der Waals surface area contributed by atoms with Crippen molar-refractivity contribution in [2.75, 3.05) is 5.32 Å². The number of para-hydroxylation sites is 1. The van der Waals surface area contributed by atoms with Crippen LogP contribution in [0.25, 0.3) is 11.4 Å². The first-order valence-corrected chi connectivity index (χ1v) is 7.68. The molecule has 0 aliphatic heterocycles. The van der Waals surface area contributed by atoms with Crippen molar-refractivity contribution in [1.82, 2.24) is 25.2 Å². The molecule has 1 N–H and O–H groups in total. The first-order valence-electron chi connectivity index (χ1n) is 6.73. The highest BCUT2D eigenvalue weighted by molar-refractivity contribution is 7.07. The van der Waals surface area contributed by atoms with Crippen LogP contribution >= 0.6 is 11.3 Å². The van der Waals surface area contributed by atoms with Gasteiger partial charge >= 0.3 is 0 Å². The molecule has 8 heteroatoms. The topological polar surface area (TPSA) is 85.6 Å². The number of hydrogen-bond acceptors (Lipinski definition) is 6. The number of aromatic nitrogens is 5. The Morgan fingerprint density at radius 2 is 2.14 bits per heavy atom. The Morgan fingerprint density at radius 3 is 2.86 bits per heavy atom. The van der Waals surface area contributed by atoms with E-state index in [1.54, 1.807) is 15.6 Å². The molecule has 0 unspecified atom stereocenters. The number of carbonyl (C=O) groups is 1. The molecule has 0 atom stereocenters. The Bertz CT molecular complexity index is 780. The number of benzene rings is 1. The molecule has 0 aliphatic carbocycles. The van der Waals surface area contributed by atoms with Gasteiger partial charge in [0.2, 0.25) is 0 Å². The van der Waals surface area contributed by atoms with Crippen LogP contribution in [0.3, 0.4) is 0 Å². The number of nitrogens with zero attached hydrogens (tertiary/aromatic N) is 5. The lowest BCUT2D eigenvalue weighted by atomic mass is 10.1. The van der Waals surface area contributed by atoms with Crippen LogP contribution < -0.4 is 5.32 Å². The number of rotatable bonds is 4.